The minimum atomic E-state index is -0.114. The van der Waals surface area contributed by atoms with Gasteiger partial charge in [-0.1, -0.05) is 20.8 Å². The molecule has 1 fully saturated rings. The number of aromatic nitrogens is 2. The summed E-state index contributed by atoms with van der Waals surface area (Å²) in [6, 6.07) is 9.16. The summed E-state index contributed by atoms with van der Waals surface area (Å²) in [4.78, 5) is 27.3. The highest BCUT2D eigenvalue weighted by Crippen LogP contribution is 2.22. The summed E-state index contributed by atoms with van der Waals surface area (Å²) in [5.41, 5.74) is 2.01. The number of likely N-dealkylation sites (tertiary alicyclic amines) is 1. The van der Waals surface area contributed by atoms with Crippen molar-refractivity contribution >= 4 is 11.8 Å². The summed E-state index contributed by atoms with van der Waals surface area (Å²) in [7, 11) is 1.79. The number of hydrogen-bond donors (Lipinski definition) is 1. The topological polar surface area (TPSA) is 76.5 Å². The smallest absolute Gasteiger partial charge is 0.269 e. The van der Waals surface area contributed by atoms with Crippen LogP contribution in [0.4, 0.5) is 0 Å². The second-order valence-electron chi connectivity index (χ2n) is 8.79. The molecule has 7 nitrogen and oxygen atoms in total. The Morgan fingerprint density at radius 1 is 1.17 bits per heavy atom. The highest BCUT2D eigenvalue weighted by Gasteiger charge is 2.27. The van der Waals surface area contributed by atoms with Crippen molar-refractivity contribution in [3.63, 3.8) is 0 Å². The molecule has 2 heterocycles. The number of hydrogen-bond acceptors (Lipinski definition) is 4. The Morgan fingerprint density at radius 2 is 1.80 bits per heavy atom. The van der Waals surface area contributed by atoms with Gasteiger partial charge in [0, 0.05) is 37.2 Å². The number of nitrogens with zero attached hydrogens (tertiary/aromatic N) is 3. The molecule has 0 spiro atoms. The Kier molecular flexibility index (Phi) is 6.48. The third-order valence-corrected chi connectivity index (χ3v) is 5.41. The van der Waals surface area contributed by atoms with Crippen LogP contribution in [-0.4, -0.2) is 52.2 Å². The van der Waals surface area contributed by atoms with E-state index in [4.69, 9.17) is 4.74 Å². The fraction of sp³-hybridized carbons (Fsp3) is 0.522. The molecule has 1 aliphatic heterocycles. The average Bonchev–Trinajstić information content (AvgIpc) is 3.11. The van der Waals surface area contributed by atoms with E-state index >= 15 is 0 Å². The standard InChI is InChI=1S/C23H32N4O3/c1-6-30-18-9-7-16(8-10-18)22(29)27-13-11-17(12-14-27)24-21(28)19-15-20(23(2,3)4)25-26(19)5/h7-10,15,17H,6,11-14H2,1-5H3,(H,24,28). The summed E-state index contributed by atoms with van der Waals surface area (Å²) in [5, 5.41) is 7.58. The van der Waals surface area contributed by atoms with Crippen LogP contribution in [-0.2, 0) is 12.5 Å². The highest BCUT2D eigenvalue weighted by atomic mass is 16.5. The van der Waals surface area contributed by atoms with Gasteiger partial charge in [-0.3, -0.25) is 14.3 Å². The molecule has 0 unspecified atom stereocenters. The number of aryl methyl sites for hydroxylation is 1. The first kappa shape index (κ1) is 21.9. The van der Waals surface area contributed by atoms with Crippen molar-refractivity contribution in [3.8, 4) is 5.75 Å². The number of rotatable bonds is 5. The lowest BCUT2D eigenvalue weighted by molar-refractivity contribution is 0.0697. The van der Waals surface area contributed by atoms with Crippen LogP contribution in [0.5, 0.6) is 5.75 Å². The predicted octanol–water partition coefficient (Wildman–Crippen LogP) is 3.15. The number of ether oxygens (including phenoxy) is 1. The lowest BCUT2D eigenvalue weighted by Gasteiger charge is -2.32. The molecule has 1 N–H and O–H groups in total. The number of nitrogens with one attached hydrogen (secondary N) is 1. The van der Waals surface area contributed by atoms with Gasteiger partial charge in [0.25, 0.3) is 11.8 Å². The fourth-order valence-corrected chi connectivity index (χ4v) is 3.58. The average molecular weight is 413 g/mol. The van der Waals surface area contributed by atoms with Crippen molar-refractivity contribution in [3.05, 3.63) is 47.3 Å². The molecule has 3 rings (SSSR count). The summed E-state index contributed by atoms with van der Waals surface area (Å²) in [6.45, 7) is 10.0. The van der Waals surface area contributed by atoms with Crippen molar-refractivity contribution in [2.75, 3.05) is 19.7 Å². The maximum absolute atomic E-state index is 12.7. The van der Waals surface area contributed by atoms with Crippen molar-refractivity contribution in [1.82, 2.24) is 20.0 Å². The zero-order valence-electron chi connectivity index (χ0n) is 18.6. The second kappa shape index (κ2) is 8.90. The maximum atomic E-state index is 12.7. The number of benzene rings is 1. The summed E-state index contributed by atoms with van der Waals surface area (Å²) < 4.78 is 7.07. The largest absolute Gasteiger partial charge is 0.494 e. The highest BCUT2D eigenvalue weighted by molar-refractivity contribution is 5.94. The Bertz CT molecular complexity index is 888. The number of carbonyl (C=O) groups is 2. The third kappa shape index (κ3) is 5.01. The lowest BCUT2D eigenvalue weighted by Crippen LogP contribution is -2.46. The molecule has 1 saturated heterocycles. The quantitative estimate of drug-likeness (QED) is 0.819. The van der Waals surface area contributed by atoms with Gasteiger partial charge in [-0.2, -0.15) is 5.10 Å². The minimum absolute atomic E-state index is 0.0179. The van der Waals surface area contributed by atoms with Crippen LogP contribution in [0, 0.1) is 0 Å². The van der Waals surface area contributed by atoms with Gasteiger partial charge in [0.1, 0.15) is 11.4 Å². The molecule has 2 aromatic rings. The zero-order chi connectivity index (χ0) is 21.9. The van der Waals surface area contributed by atoms with Crippen molar-refractivity contribution < 1.29 is 14.3 Å². The predicted molar refractivity (Wildman–Crippen MR) is 116 cm³/mol. The molecule has 1 aliphatic rings. The summed E-state index contributed by atoms with van der Waals surface area (Å²) in [5.74, 6) is 0.668. The molecular formula is C23H32N4O3. The van der Waals surface area contributed by atoms with E-state index in [2.05, 4.69) is 31.2 Å². The molecule has 0 saturated carbocycles. The second-order valence-corrected chi connectivity index (χ2v) is 8.79. The van der Waals surface area contributed by atoms with Gasteiger partial charge in [-0.05, 0) is 50.1 Å². The molecule has 1 aromatic carbocycles. The monoisotopic (exact) mass is 412 g/mol. The Hall–Kier alpha value is -2.83. The number of carbonyl (C=O) groups excluding carboxylic acids is 2. The van der Waals surface area contributed by atoms with Crippen LogP contribution in [0.2, 0.25) is 0 Å². The zero-order valence-corrected chi connectivity index (χ0v) is 18.6. The minimum Gasteiger partial charge on any atom is -0.494 e. The van der Waals surface area contributed by atoms with E-state index in [1.54, 1.807) is 23.9 Å². The van der Waals surface area contributed by atoms with E-state index in [1.165, 1.54) is 0 Å². The Morgan fingerprint density at radius 3 is 2.33 bits per heavy atom. The van der Waals surface area contributed by atoms with E-state index in [0.29, 0.717) is 31.0 Å². The van der Waals surface area contributed by atoms with Crippen LogP contribution < -0.4 is 10.1 Å². The number of piperidine rings is 1. The van der Waals surface area contributed by atoms with Crippen molar-refractivity contribution in [2.45, 2.75) is 52.0 Å². The molecule has 7 heteroatoms. The maximum Gasteiger partial charge on any atom is 0.269 e. The lowest BCUT2D eigenvalue weighted by atomic mass is 9.92. The van der Waals surface area contributed by atoms with Crippen LogP contribution >= 0.6 is 0 Å². The van der Waals surface area contributed by atoms with Gasteiger partial charge >= 0.3 is 0 Å². The van der Waals surface area contributed by atoms with Crippen LogP contribution in [0.25, 0.3) is 0 Å². The summed E-state index contributed by atoms with van der Waals surface area (Å²) >= 11 is 0. The van der Waals surface area contributed by atoms with Crippen molar-refractivity contribution in [1.29, 1.82) is 0 Å². The van der Waals surface area contributed by atoms with Gasteiger partial charge < -0.3 is 15.0 Å². The SMILES string of the molecule is CCOc1ccc(C(=O)N2CCC(NC(=O)c3cc(C(C)(C)C)nn3C)CC2)cc1. The first-order valence-corrected chi connectivity index (χ1v) is 10.6. The van der Waals surface area contributed by atoms with E-state index < -0.39 is 0 Å². The summed E-state index contributed by atoms with van der Waals surface area (Å²) in [6.07, 6.45) is 1.47. The normalized spacial score (nSPS) is 15.2. The Balaban J connectivity index is 1.55. The van der Waals surface area contributed by atoms with Crippen LogP contribution in [0.3, 0.4) is 0 Å². The molecule has 0 radical (unpaired) electrons. The van der Waals surface area contributed by atoms with Gasteiger partial charge in [-0.15, -0.1) is 0 Å². The van der Waals surface area contributed by atoms with E-state index in [1.807, 2.05) is 30.0 Å². The van der Waals surface area contributed by atoms with Gasteiger partial charge in [0.15, 0.2) is 0 Å². The molecule has 30 heavy (non-hydrogen) atoms. The van der Waals surface area contributed by atoms with Crippen molar-refractivity contribution in [2.24, 2.45) is 7.05 Å². The molecular weight excluding hydrogens is 380 g/mol. The first-order valence-electron chi connectivity index (χ1n) is 10.6. The van der Waals surface area contributed by atoms with Crippen LogP contribution in [0.15, 0.2) is 30.3 Å². The molecule has 2 amide bonds. The van der Waals surface area contributed by atoms with Gasteiger partial charge in [0.05, 0.1) is 12.3 Å². The van der Waals surface area contributed by atoms with E-state index in [-0.39, 0.29) is 23.3 Å². The fourth-order valence-electron chi connectivity index (χ4n) is 3.58. The molecule has 0 atom stereocenters. The van der Waals surface area contributed by atoms with Crippen LogP contribution in [0.1, 0.15) is 67.1 Å². The van der Waals surface area contributed by atoms with E-state index in [0.717, 1.165) is 24.3 Å². The third-order valence-electron chi connectivity index (χ3n) is 5.41. The number of amides is 2. The Labute approximate surface area is 178 Å². The van der Waals surface area contributed by atoms with Gasteiger partial charge in [0.2, 0.25) is 0 Å². The molecule has 1 aromatic heterocycles. The molecule has 0 bridgehead atoms. The van der Waals surface area contributed by atoms with E-state index in [9.17, 15) is 9.59 Å². The first-order chi connectivity index (χ1) is 14.2. The molecule has 0 aliphatic carbocycles. The molecule has 162 valence electrons. The van der Waals surface area contributed by atoms with Gasteiger partial charge in [-0.25, -0.2) is 0 Å².